The normalized spacial score (nSPS) is 9.21. The van der Waals surface area contributed by atoms with E-state index >= 15 is 0 Å². The van der Waals surface area contributed by atoms with Gasteiger partial charge < -0.3 is 0 Å². The van der Waals surface area contributed by atoms with E-state index in [0.29, 0.717) is 0 Å². The molecule has 1 nitrogen and oxygen atoms in total. The molecular formula is C11H8BrIrN. The van der Waals surface area contributed by atoms with Crippen molar-refractivity contribution in [1.82, 2.24) is 4.98 Å². The van der Waals surface area contributed by atoms with Gasteiger partial charge in [-0.3, -0.25) is 4.98 Å². The van der Waals surface area contributed by atoms with Crippen LogP contribution in [0, 0.1) is 0 Å². The van der Waals surface area contributed by atoms with Crippen LogP contribution < -0.4 is 0 Å². The zero-order chi connectivity index (χ0) is 9.10. The summed E-state index contributed by atoms with van der Waals surface area (Å²) in [5, 5.41) is 0. The minimum absolute atomic E-state index is 0. The molecule has 0 bridgehead atoms. The molecule has 1 aromatic heterocycles. The summed E-state index contributed by atoms with van der Waals surface area (Å²) >= 11 is 3.43. The predicted octanol–water partition coefficient (Wildman–Crippen LogP) is 3.51. The molecule has 0 aliphatic heterocycles. The summed E-state index contributed by atoms with van der Waals surface area (Å²) in [4.78, 5) is 4.27. The Morgan fingerprint density at radius 3 is 2.50 bits per heavy atom. The summed E-state index contributed by atoms with van der Waals surface area (Å²) in [7, 11) is 0. The monoisotopic (exact) mass is 426 g/mol. The van der Waals surface area contributed by atoms with Crippen LogP contribution in [-0.4, -0.2) is 4.98 Å². The van der Waals surface area contributed by atoms with Crippen LogP contribution >= 0.6 is 15.9 Å². The largest absolute Gasteiger partial charge is 0.256 e. The number of rotatable bonds is 1. The van der Waals surface area contributed by atoms with Gasteiger partial charge in [-0.15, -0.1) is 0 Å². The zero-order valence-electron chi connectivity index (χ0n) is 7.28. The number of halogens is 1. The quantitative estimate of drug-likeness (QED) is 0.681. The fraction of sp³-hybridized carbons (Fsp3) is 0. The Morgan fingerprint density at radius 1 is 1.00 bits per heavy atom. The number of nitrogens with zero attached hydrogens (tertiary/aromatic N) is 1. The van der Waals surface area contributed by atoms with Gasteiger partial charge in [0.25, 0.3) is 0 Å². The zero-order valence-corrected chi connectivity index (χ0v) is 11.3. The summed E-state index contributed by atoms with van der Waals surface area (Å²) in [5.74, 6) is 0. The van der Waals surface area contributed by atoms with Crippen LogP contribution in [0.15, 0.2) is 53.1 Å². The number of benzene rings is 1. The molecule has 0 saturated carbocycles. The standard InChI is InChI=1S/C11H8BrN.Ir/c12-10-5-3-4-9(8-10)11-6-1-2-7-13-11;/h1-8H;. The summed E-state index contributed by atoms with van der Waals surface area (Å²) in [6, 6.07) is 14.0. The molecule has 0 aliphatic rings. The van der Waals surface area contributed by atoms with E-state index in [9.17, 15) is 0 Å². The molecule has 14 heavy (non-hydrogen) atoms. The summed E-state index contributed by atoms with van der Waals surface area (Å²) in [5.41, 5.74) is 2.14. The van der Waals surface area contributed by atoms with Gasteiger partial charge in [-0.2, -0.15) is 0 Å². The molecule has 1 heterocycles. The van der Waals surface area contributed by atoms with Crippen molar-refractivity contribution >= 4 is 15.9 Å². The first-order valence-electron chi connectivity index (χ1n) is 4.03. The minimum Gasteiger partial charge on any atom is -0.256 e. The third-order valence-electron chi connectivity index (χ3n) is 1.79. The maximum atomic E-state index is 4.27. The minimum atomic E-state index is 0. The van der Waals surface area contributed by atoms with Crippen LogP contribution in [-0.2, 0) is 20.1 Å². The molecule has 3 heteroatoms. The van der Waals surface area contributed by atoms with Crippen LogP contribution in [0.1, 0.15) is 0 Å². The maximum absolute atomic E-state index is 4.27. The van der Waals surface area contributed by atoms with Crippen molar-refractivity contribution in [3.8, 4) is 11.3 Å². The summed E-state index contributed by atoms with van der Waals surface area (Å²) in [6.07, 6.45) is 1.80. The Bertz CT molecular complexity index is 403. The first kappa shape index (κ1) is 11.6. The van der Waals surface area contributed by atoms with Crippen LogP contribution in [0.3, 0.4) is 0 Å². The third-order valence-corrected chi connectivity index (χ3v) is 2.28. The molecule has 0 atom stereocenters. The molecule has 1 radical (unpaired) electrons. The molecule has 0 unspecified atom stereocenters. The van der Waals surface area contributed by atoms with E-state index in [4.69, 9.17) is 0 Å². The molecule has 0 spiro atoms. The van der Waals surface area contributed by atoms with Gasteiger partial charge in [0, 0.05) is 36.3 Å². The Balaban J connectivity index is 0.000000980. The van der Waals surface area contributed by atoms with E-state index in [1.165, 1.54) is 0 Å². The maximum Gasteiger partial charge on any atom is 0.0702 e. The molecule has 73 valence electrons. The molecule has 2 aromatic rings. The second kappa shape index (κ2) is 5.40. The molecule has 0 amide bonds. The number of hydrogen-bond donors (Lipinski definition) is 0. The third kappa shape index (κ3) is 2.74. The molecular weight excluding hydrogens is 418 g/mol. The van der Waals surface area contributed by atoms with Crippen molar-refractivity contribution < 1.29 is 20.1 Å². The van der Waals surface area contributed by atoms with Gasteiger partial charge in [-0.05, 0) is 24.3 Å². The molecule has 0 N–H and O–H groups in total. The molecule has 0 fully saturated rings. The topological polar surface area (TPSA) is 12.9 Å². The molecule has 0 aliphatic carbocycles. The van der Waals surface area contributed by atoms with E-state index < -0.39 is 0 Å². The van der Waals surface area contributed by atoms with Crippen LogP contribution in [0.5, 0.6) is 0 Å². The first-order valence-corrected chi connectivity index (χ1v) is 4.82. The van der Waals surface area contributed by atoms with E-state index in [0.717, 1.165) is 15.7 Å². The predicted molar refractivity (Wildman–Crippen MR) is 57.4 cm³/mol. The summed E-state index contributed by atoms with van der Waals surface area (Å²) < 4.78 is 1.08. The van der Waals surface area contributed by atoms with E-state index in [-0.39, 0.29) is 20.1 Å². The van der Waals surface area contributed by atoms with Crippen molar-refractivity contribution in [3.05, 3.63) is 53.1 Å². The summed E-state index contributed by atoms with van der Waals surface area (Å²) in [6.45, 7) is 0. The van der Waals surface area contributed by atoms with Gasteiger partial charge in [0.1, 0.15) is 0 Å². The van der Waals surface area contributed by atoms with Gasteiger partial charge in [-0.1, -0.05) is 34.1 Å². The SMILES string of the molecule is Brc1cccc(-c2ccccn2)c1.[Ir]. The number of pyridine rings is 1. The fourth-order valence-electron chi connectivity index (χ4n) is 1.18. The van der Waals surface area contributed by atoms with Crippen LogP contribution in [0.2, 0.25) is 0 Å². The van der Waals surface area contributed by atoms with Crippen molar-refractivity contribution in [2.45, 2.75) is 0 Å². The van der Waals surface area contributed by atoms with Gasteiger partial charge >= 0.3 is 0 Å². The fourth-order valence-corrected chi connectivity index (χ4v) is 1.58. The van der Waals surface area contributed by atoms with Gasteiger partial charge in [0.05, 0.1) is 5.69 Å². The molecule has 1 aromatic carbocycles. The van der Waals surface area contributed by atoms with Gasteiger partial charge in [0.2, 0.25) is 0 Å². The second-order valence-corrected chi connectivity index (χ2v) is 3.64. The number of hydrogen-bond acceptors (Lipinski definition) is 1. The van der Waals surface area contributed by atoms with Crippen molar-refractivity contribution in [2.24, 2.45) is 0 Å². The Hall–Kier alpha value is -0.501. The van der Waals surface area contributed by atoms with Crippen molar-refractivity contribution in [1.29, 1.82) is 0 Å². The first-order chi connectivity index (χ1) is 6.36. The van der Waals surface area contributed by atoms with Gasteiger partial charge in [0.15, 0.2) is 0 Å². The molecule has 0 saturated heterocycles. The Kier molecular flexibility index (Phi) is 4.46. The molecule has 2 rings (SSSR count). The second-order valence-electron chi connectivity index (χ2n) is 2.73. The van der Waals surface area contributed by atoms with Gasteiger partial charge in [-0.25, -0.2) is 0 Å². The smallest absolute Gasteiger partial charge is 0.0702 e. The van der Waals surface area contributed by atoms with Crippen molar-refractivity contribution in [2.75, 3.05) is 0 Å². The van der Waals surface area contributed by atoms with E-state index in [1.807, 2.05) is 36.4 Å². The Morgan fingerprint density at radius 2 is 1.86 bits per heavy atom. The van der Waals surface area contributed by atoms with Crippen molar-refractivity contribution in [3.63, 3.8) is 0 Å². The van der Waals surface area contributed by atoms with Crippen LogP contribution in [0.25, 0.3) is 11.3 Å². The van der Waals surface area contributed by atoms with E-state index in [2.05, 4.69) is 27.0 Å². The van der Waals surface area contributed by atoms with E-state index in [1.54, 1.807) is 6.20 Å². The Labute approximate surface area is 105 Å². The average Bonchev–Trinajstić information content (AvgIpc) is 2.19. The number of aromatic nitrogens is 1. The average molecular weight is 426 g/mol. The van der Waals surface area contributed by atoms with Crippen LogP contribution in [0.4, 0.5) is 0 Å².